The van der Waals surface area contributed by atoms with E-state index in [1.54, 1.807) is 41.6 Å². The number of aryl methyl sites for hydroxylation is 1. The standard InChI is InChI=1S/C16H19N3O4S/c1-11-17-16(23-18-11)12-9-15-14(7-8-22-15)19(10-12)24(20,21)13-5-3-2-4-6-13/h2-6,12,14-15H,7-10H2,1H3/t12-,14-,15-/m1/s1. The van der Waals surface area contributed by atoms with Crippen molar-refractivity contribution in [3.05, 3.63) is 42.0 Å². The van der Waals surface area contributed by atoms with Gasteiger partial charge < -0.3 is 9.26 Å². The summed E-state index contributed by atoms with van der Waals surface area (Å²) in [5.41, 5.74) is 0. The number of hydrogen-bond donors (Lipinski definition) is 0. The second-order valence-corrected chi connectivity index (χ2v) is 8.16. The minimum Gasteiger partial charge on any atom is -0.376 e. The minimum atomic E-state index is -3.59. The topological polar surface area (TPSA) is 85.5 Å². The number of hydrogen-bond acceptors (Lipinski definition) is 6. The molecule has 0 N–H and O–H groups in total. The molecule has 2 fully saturated rings. The molecule has 2 aliphatic heterocycles. The zero-order valence-corrected chi connectivity index (χ0v) is 14.1. The molecule has 128 valence electrons. The van der Waals surface area contributed by atoms with Crippen LogP contribution < -0.4 is 0 Å². The Bertz CT molecular complexity index is 821. The van der Waals surface area contributed by atoms with Crippen molar-refractivity contribution in [3.63, 3.8) is 0 Å². The molecule has 3 heterocycles. The molecule has 2 aliphatic rings. The number of ether oxygens (including phenoxy) is 1. The summed E-state index contributed by atoms with van der Waals surface area (Å²) < 4.78 is 38.9. The number of rotatable bonds is 3. The molecule has 7 nitrogen and oxygen atoms in total. The maximum Gasteiger partial charge on any atom is 0.243 e. The Morgan fingerprint density at radius 3 is 2.75 bits per heavy atom. The molecule has 0 bridgehead atoms. The van der Waals surface area contributed by atoms with Gasteiger partial charge in [-0.2, -0.15) is 9.29 Å². The first kappa shape index (κ1) is 15.7. The molecule has 2 aromatic rings. The van der Waals surface area contributed by atoms with Gasteiger partial charge in [0.1, 0.15) is 0 Å². The summed E-state index contributed by atoms with van der Waals surface area (Å²) in [5.74, 6) is 0.885. The van der Waals surface area contributed by atoms with Crippen LogP contribution in [0.2, 0.25) is 0 Å². The predicted octanol–water partition coefficient (Wildman–Crippen LogP) is 1.71. The fourth-order valence-corrected chi connectivity index (χ4v) is 5.31. The van der Waals surface area contributed by atoms with Gasteiger partial charge >= 0.3 is 0 Å². The Balaban J connectivity index is 1.70. The van der Waals surface area contributed by atoms with E-state index in [1.165, 1.54) is 0 Å². The number of benzene rings is 1. The molecule has 0 aliphatic carbocycles. The van der Waals surface area contributed by atoms with E-state index in [0.717, 1.165) is 0 Å². The molecular formula is C16H19N3O4S. The Hall–Kier alpha value is -1.77. The second kappa shape index (κ2) is 5.94. The SMILES string of the molecule is Cc1noc([C@@H]2C[C@H]3OCC[C@H]3N(S(=O)(=O)c3ccccc3)C2)n1. The van der Waals surface area contributed by atoms with E-state index >= 15 is 0 Å². The molecule has 0 radical (unpaired) electrons. The summed E-state index contributed by atoms with van der Waals surface area (Å²) >= 11 is 0. The van der Waals surface area contributed by atoms with Crippen molar-refractivity contribution < 1.29 is 17.7 Å². The molecule has 0 saturated carbocycles. The third-order valence-electron chi connectivity index (χ3n) is 4.70. The molecule has 0 spiro atoms. The van der Waals surface area contributed by atoms with Crippen LogP contribution in [0, 0.1) is 6.92 Å². The quantitative estimate of drug-likeness (QED) is 0.839. The van der Waals surface area contributed by atoms with E-state index in [1.807, 2.05) is 0 Å². The first-order chi connectivity index (χ1) is 11.6. The minimum absolute atomic E-state index is 0.129. The third-order valence-corrected chi connectivity index (χ3v) is 6.61. The maximum atomic E-state index is 13.1. The van der Waals surface area contributed by atoms with Gasteiger partial charge in [-0.25, -0.2) is 8.42 Å². The van der Waals surface area contributed by atoms with Gasteiger partial charge in [-0.3, -0.25) is 0 Å². The average Bonchev–Trinajstić information content (AvgIpc) is 3.23. The fourth-order valence-electron chi connectivity index (χ4n) is 3.56. The van der Waals surface area contributed by atoms with Gasteiger partial charge in [0.2, 0.25) is 15.9 Å². The lowest BCUT2D eigenvalue weighted by molar-refractivity contribution is 0.0418. The van der Waals surface area contributed by atoms with Crippen molar-refractivity contribution in [1.29, 1.82) is 0 Å². The van der Waals surface area contributed by atoms with Gasteiger partial charge in [-0.15, -0.1) is 0 Å². The van der Waals surface area contributed by atoms with E-state index in [2.05, 4.69) is 10.1 Å². The molecule has 0 amide bonds. The van der Waals surface area contributed by atoms with Gasteiger partial charge in [0.15, 0.2) is 5.82 Å². The summed E-state index contributed by atoms with van der Waals surface area (Å²) in [5, 5.41) is 3.83. The van der Waals surface area contributed by atoms with E-state index in [-0.39, 0.29) is 18.1 Å². The van der Waals surface area contributed by atoms with E-state index in [0.29, 0.717) is 42.6 Å². The molecule has 4 rings (SSSR count). The van der Waals surface area contributed by atoms with Crippen LogP contribution in [0.25, 0.3) is 0 Å². The first-order valence-electron chi connectivity index (χ1n) is 8.04. The number of piperidine rings is 1. The number of nitrogens with zero attached hydrogens (tertiary/aromatic N) is 3. The summed E-state index contributed by atoms with van der Waals surface area (Å²) in [6.45, 7) is 2.66. The van der Waals surface area contributed by atoms with Gasteiger partial charge in [0, 0.05) is 13.2 Å². The van der Waals surface area contributed by atoms with Crippen LogP contribution in [0.3, 0.4) is 0 Å². The number of sulfonamides is 1. The molecule has 3 atom stereocenters. The molecule has 0 unspecified atom stereocenters. The van der Waals surface area contributed by atoms with Crippen LogP contribution in [0.5, 0.6) is 0 Å². The zero-order valence-electron chi connectivity index (χ0n) is 13.3. The van der Waals surface area contributed by atoms with Crippen LogP contribution >= 0.6 is 0 Å². The number of aromatic nitrogens is 2. The summed E-state index contributed by atoms with van der Waals surface area (Å²) in [4.78, 5) is 4.59. The zero-order chi connectivity index (χ0) is 16.7. The lowest BCUT2D eigenvalue weighted by Gasteiger charge is -2.38. The van der Waals surface area contributed by atoms with Crippen molar-refractivity contribution in [3.8, 4) is 0 Å². The van der Waals surface area contributed by atoms with E-state index in [4.69, 9.17) is 9.26 Å². The van der Waals surface area contributed by atoms with Gasteiger partial charge in [-0.1, -0.05) is 23.4 Å². The van der Waals surface area contributed by atoms with Crippen molar-refractivity contribution in [2.24, 2.45) is 0 Å². The van der Waals surface area contributed by atoms with Gasteiger partial charge in [0.05, 0.1) is 23.0 Å². The smallest absolute Gasteiger partial charge is 0.243 e. The lowest BCUT2D eigenvalue weighted by Crippen LogP contribution is -2.51. The summed E-state index contributed by atoms with van der Waals surface area (Å²) in [6.07, 6.45) is 1.29. The molecule has 24 heavy (non-hydrogen) atoms. The largest absolute Gasteiger partial charge is 0.376 e. The summed E-state index contributed by atoms with van der Waals surface area (Å²) in [7, 11) is -3.59. The second-order valence-electron chi connectivity index (χ2n) is 6.27. The first-order valence-corrected chi connectivity index (χ1v) is 9.48. The van der Waals surface area contributed by atoms with Crippen LogP contribution in [-0.2, 0) is 14.8 Å². The van der Waals surface area contributed by atoms with Crippen molar-refractivity contribution in [1.82, 2.24) is 14.4 Å². The van der Waals surface area contributed by atoms with Crippen LogP contribution in [0.4, 0.5) is 0 Å². The Kier molecular flexibility index (Phi) is 3.90. The fraction of sp³-hybridized carbons (Fsp3) is 0.500. The predicted molar refractivity (Wildman–Crippen MR) is 84.9 cm³/mol. The Labute approximate surface area is 140 Å². The highest BCUT2D eigenvalue weighted by Gasteiger charge is 2.47. The Morgan fingerprint density at radius 2 is 2.04 bits per heavy atom. The highest BCUT2D eigenvalue weighted by molar-refractivity contribution is 7.89. The van der Waals surface area contributed by atoms with Crippen molar-refractivity contribution in [2.75, 3.05) is 13.2 Å². The van der Waals surface area contributed by atoms with Crippen LogP contribution in [0.1, 0.15) is 30.5 Å². The lowest BCUT2D eigenvalue weighted by atomic mass is 9.92. The van der Waals surface area contributed by atoms with Crippen molar-refractivity contribution in [2.45, 2.75) is 42.7 Å². The molecule has 2 saturated heterocycles. The van der Waals surface area contributed by atoms with Gasteiger partial charge in [-0.05, 0) is 31.9 Å². The summed E-state index contributed by atoms with van der Waals surface area (Å²) in [6, 6.07) is 8.40. The highest BCUT2D eigenvalue weighted by atomic mass is 32.2. The normalized spacial score (nSPS) is 28.0. The molecular weight excluding hydrogens is 330 g/mol. The monoisotopic (exact) mass is 349 g/mol. The van der Waals surface area contributed by atoms with Crippen LogP contribution in [-0.4, -0.2) is 48.2 Å². The van der Waals surface area contributed by atoms with E-state index in [9.17, 15) is 8.42 Å². The molecule has 1 aromatic carbocycles. The molecule has 1 aromatic heterocycles. The average molecular weight is 349 g/mol. The maximum absolute atomic E-state index is 13.1. The molecule has 8 heteroatoms. The Morgan fingerprint density at radius 1 is 1.25 bits per heavy atom. The van der Waals surface area contributed by atoms with Crippen LogP contribution in [0.15, 0.2) is 39.8 Å². The van der Waals surface area contributed by atoms with E-state index < -0.39 is 10.0 Å². The van der Waals surface area contributed by atoms with Gasteiger partial charge in [0.25, 0.3) is 0 Å². The third kappa shape index (κ3) is 2.64. The van der Waals surface area contributed by atoms with Crippen molar-refractivity contribution >= 4 is 10.0 Å². The highest BCUT2D eigenvalue weighted by Crippen LogP contribution is 2.38. The number of fused-ring (bicyclic) bond motifs is 1.